The zero-order chi connectivity index (χ0) is 26.6. The van der Waals surface area contributed by atoms with E-state index in [9.17, 15) is 9.90 Å². The Morgan fingerprint density at radius 3 is 2.16 bits per heavy atom. The van der Waals surface area contributed by atoms with Crippen LogP contribution in [-0.2, 0) is 9.53 Å². The number of carbonyl (C=O) groups is 1. The van der Waals surface area contributed by atoms with Gasteiger partial charge in [-0.1, -0.05) is 36.4 Å². The van der Waals surface area contributed by atoms with E-state index >= 15 is 0 Å². The minimum atomic E-state index is -0.746. The summed E-state index contributed by atoms with van der Waals surface area (Å²) in [5.74, 6) is 2.11. The SMILES string of the molecule is COC(=O)C(=Cc1ccc(OCC(O)CNC(C)Oc2ccccc2OC)cc1)c1ccc(OC)cc1. The molecule has 2 N–H and O–H groups in total. The van der Waals surface area contributed by atoms with Crippen molar-refractivity contribution < 1.29 is 33.6 Å². The summed E-state index contributed by atoms with van der Waals surface area (Å²) in [4.78, 5) is 12.4. The van der Waals surface area contributed by atoms with Gasteiger partial charge >= 0.3 is 5.97 Å². The first-order valence-electron chi connectivity index (χ1n) is 11.8. The number of para-hydroxylation sites is 2. The van der Waals surface area contributed by atoms with E-state index in [1.807, 2.05) is 43.3 Å². The molecule has 0 aliphatic carbocycles. The number of rotatable bonds is 13. The largest absolute Gasteiger partial charge is 0.497 e. The number of aliphatic hydroxyl groups excluding tert-OH is 1. The highest BCUT2D eigenvalue weighted by Crippen LogP contribution is 2.26. The third-order valence-electron chi connectivity index (χ3n) is 5.45. The lowest BCUT2D eigenvalue weighted by Gasteiger charge is -2.20. The summed E-state index contributed by atoms with van der Waals surface area (Å²) in [6, 6.07) is 21.8. The second-order valence-electron chi connectivity index (χ2n) is 8.13. The van der Waals surface area contributed by atoms with Crippen LogP contribution in [0.4, 0.5) is 0 Å². The second kappa shape index (κ2) is 13.9. The van der Waals surface area contributed by atoms with E-state index in [-0.39, 0.29) is 19.4 Å². The molecule has 0 aliphatic heterocycles. The predicted octanol–water partition coefficient (Wildman–Crippen LogP) is 4.17. The van der Waals surface area contributed by atoms with Gasteiger partial charge in [0.25, 0.3) is 0 Å². The standard InChI is InChI=1S/C29H33NO7/c1-20(37-28-8-6-5-7-27(28)34-3)30-18-23(31)19-36-25-13-9-21(10-14-25)17-26(29(32)35-4)22-11-15-24(33-2)16-12-22/h5-17,20,23,30-31H,18-19H2,1-4H3. The van der Waals surface area contributed by atoms with Crippen LogP contribution in [0.15, 0.2) is 72.8 Å². The van der Waals surface area contributed by atoms with Gasteiger partial charge in [-0.15, -0.1) is 0 Å². The Labute approximate surface area is 217 Å². The Bertz CT molecular complexity index is 1160. The molecule has 0 aromatic heterocycles. The summed E-state index contributed by atoms with van der Waals surface area (Å²) in [6.07, 6.45) is 0.662. The Morgan fingerprint density at radius 2 is 1.54 bits per heavy atom. The van der Waals surface area contributed by atoms with E-state index in [1.165, 1.54) is 7.11 Å². The van der Waals surface area contributed by atoms with Gasteiger partial charge in [0.1, 0.15) is 30.4 Å². The zero-order valence-electron chi connectivity index (χ0n) is 21.5. The summed E-state index contributed by atoms with van der Waals surface area (Å²) in [5.41, 5.74) is 1.94. The number of methoxy groups -OCH3 is 3. The molecule has 37 heavy (non-hydrogen) atoms. The quantitative estimate of drug-likeness (QED) is 0.154. The number of aliphatic hydroxyl groups is 1. The van der Waals surface area contributed by atoms with E-state index in [0.29, 0.717) is 34.1 Å². The first kappa shape index (κ1) is 27.6. The van der Waals surface area contributed by atoms with Crippen molar-refractivity contribution in [2.75, 3.05) is 34.5 Å². The van der Waals surface area contributed by atoms with Crippen LogP contribution < -0.4 is 24.3 Å². The van der Waals surface area contributed by atoms with Crippen molar-refractivity contribution in [2.45, 2.75) is 19.3 Å². The first-order valence-corrected chi connectivity index (χ1v) is 11.8. The van der Waals surface area contributed by atoms with Gasteiger partial charge in [-0.25, -0.2) is 4.79 Å². The summed E-state index contributed by atoms with van der Waals surface area (Å²) in [7, 11) is 4.52. The van der Waals surface area contributed by atoms with Crippen LogP contribution in [0, 0.1) is 0 Å². The molecule has 8 heteroatoms. The van der Waals surface area contributed by atoms with Crippen LogP contribution in [0.25, 0.3) is 11.6 Å². The Hall–Kier alpha value is -4.01. The molecule has 0 aliphatic rings. The maximum atomic E-state index is 12.4. The van der Waals surface area contributed by atoms with Gasteiger partial charge in [-0.2, -0.15) is 0 Å². The highest BCUT2D eigenvalue weighted by atomic mass is 16.5. The number of carbonyl (C=O) groups excluding carboxylic acids is 1. The molecule has 0 bridgehead atoms. The van der Waals surface area contributed by atoms with Crippen molar-refractivity contribution in [1.29, 1.82) is 0 Å². The van der Waals surface area contributed by atoms with Crippen LogP contribution in [0.2, 0.25) is 0 Å². The van der Waals surface area contributed by atoms with Gasteiger partial charge in [0, 0.05) is 6.54 Å². The van der Waals surface area contributed by atoms with Crippen molar-refractivity contribution in [2.24, 2.45) is 0 Å². The number of hydrogen-bond donors (Lipinski definition) is 2. The van der Waals surface area contributed by atoms with Crippen molar-refractivity contribution in [3.8, 4) is 23.0 Å². The Kier molecular flexibility index (Phi) is 10.4. The lowest BCUT2D eigenvalue weighted by Crippen LogP contribution is -2.39. The van der Waals surface area contributed by atoms with E-state index < -0.39 is 12.1 Å². The predicted molar refractivity (Wildman–Crippen MR) is 142 cm³/mol. The molecular formula is C29H33NO7. The fraction of sp³-hybridized carbons (Fsp3) is 0.276. The summed E-state index contributed by atoms with van der Waals surface area (Å²) in [5, 5.41) is 13.4. The minimum Gasteiger partial charge on any atom is -0.497 e. The molecular weight excluding hydrogens is 474 g/mol. The molecule has 0 saturated heterocycles. The molecule has 0 radical (unpaired) electrons. The smallest absolute Gasteiger partial charge is 0.338 e. The van der Waals surface area contributed by atoms with Gasteiger partial charge in [-0.3, -0.25) is 5.32 Å². The maximum absolute atomic E-state index is 12.4. The van der Waals surface area contributed by atoms with Gasteiger partial charge in [0.05, 0.1) is 26.9 Å². The lowest BCUT2D eigenvalue weighted by molar-refractivity contribution is -0.133. The number of hydrogen-bond acceptors (Lipinski definition) is 8. The van der Waals surface area contributed by atoms with E-state index in [4.69, 9.17) is 23.7 Å². The lowest BCUT2D eigenvalue weighted by atomic mass is 10.0. The molecule has 2 atom stereocenters. The van der Waals surface area contributed by atoms with Crippen molar-refractivity contribution >= 4 is 17.6 Å². The highest BCUT2D eigenvalue weighted by molar-refractivity contribution is 6.21. The molecule has 196 valence electrons. The van der Waals surface area contributed by atoms with Gasteiger partial charge in [0.15, 0.2) is 11.5 Å². The Balaban J connectivity index is 1.53. The molecule has 0 fully saturated rings. The molecule has 8 nitrogen and oxygen atoms in total. The van der Waals surface area contributed by atoms with Crippen LogP contribution in [-0.4, -0.2) is 57.9 Å². The van der Waals surface area contributed by atoms with Crippen molar-refractivity contribution in [3.63, 3.8) is 0 Å². The normalized spacial score (nSPS) is 12.8. The highest BCUT2D eigenvalue weighted by Gasteiger charge is 2.14. The molecule has 3 rings (SSSR count). The monoisotopic (exact) mass is 507 g/mol. The average molecular weight is 508 g/mol. The average Bonchev–Trinajstić information content (AvgIpc) is 2.94. The minimum absolute atomic E-state index is 0.100. The molecule has 3 aromatic rings. The van der Waals surface area contributed by atoms with Crippen LogP contribution in [0.3, 0.4) is 0 Å². The first-order chi connectivity index (χ1) is 17.9. The second-order valence-corrected chi connectivity index (χ2v) is 8.13. The molecule has 0 amide bonds. The topological polar surface area (TPSA) is 95.5 Å². The fourth-order valence-electron chi connectivity index (χ4n) is 3.47. The number of benzene rings is 3. The summed E-state index contributed by atoms with van der Waals surface area (Å²) in [6.45, 7) is 2.23. The van der Waals surface area contributed by atoms with E-state index in [0.717, 1.165) is 5.56 Å². The van der Waals surface area contributed by atoms with Crippen molar-refractivity contribution in [3.05, 3.63) is 83.9 Å². The van der Waals surface area contributed by atoms with Gasteiger partial charge in [0.2, 0.25) is 0 Å². The maximum Gasteiger partial charge on any atom is 0.338 e. The van der Waals surface area contributed by atoms with Crippen molar-refractivity contribution in [1.82, 2.24) is 5.32 Å². The molecule has 0 saturated carbocycles. The van der Waals surface area contributed by atoms with Crippen LogP contribution >= 0.6 is 0 Å². The molecule has 0 spiro atoms. The third kappa shape index (κ3) is 8.27. The number of nitrogens with one attached hydrogen (secondary N) is 1. The van der Waals surface area contributed by atoms with Crippen LogP contribution in [0.1, 0.15) is 18.1 Å². The molecule has 0 heterocycles. The number of esters is 1. The van der Waals surface area contributed by atoms with Gasteiger partial charge in [-0.05, 0) is 60.5 Å². The third-order valence-corrected chi connectivity index (χ3v) is 5.45. The summed E-state index contributed by atoms with van der Waals surface area (Å²) >= 11 is 0. The van der Waals surface area contributed by atoms with E-state index in [1.54, 1.807) is 56.7 Å². The molecule has 3 aromatic carbocycles. The van der Waals surface area contributed by atoms with Gasteiger partial charge < -0.3 is 28.8 Å². The fourth-order valence-corrected chi connectivity index (χ4v) is 3.47. The van der Waals surface area contributed by atoms with E-state index in [2.05, 4.69) is 5.32 Å². The Morgan fingerprint density at radius 1 is 0.892 bits per heavy atom. The molecule has 2 unspecified atom stereocenters. The van der Waals surface area contributed by atoms with Crippen LogP contribution in [0.5, 0.6) is 23.0 Å². The summed E-state index contributed by atoms with van der Waals surface area (Å²) < 4.78 is 27.0. The number of ether oxygens (including phenoxy) is 5. The zero-order valence-corrected chi connectivity index (χ0v) is 21.5.